The first kappa shape index (κ1) is 27.0. The lowest BCUT2D eigenvalue weighted by Crippen LogP contribution is -2.49. The van der Waals surface area contributed by atoms with Crippen molar-refractivity contribution in [2.75, 3.05) is 7.11 Å². The number of aliphatic carboxylic acids is 1. The molecule has 1 saturated carbocycles. The number of hydrogen-bond donors (Lipinski definition) is 1. The Hall–Kier alpha value is -3.81. The van der Waals surface area contributed by atoms with Crippen molar-refractivity contribution in [2.45, 2.75) is 81.9 Å². The van der Waals surface area contributed by atoms with Crippen LogP contribution in [0, 0.1) is 6.92 Å². The molecule has 12 nitrogen and oxygen atoms in total. The number of nitrogens with zero attached hydrogens (tertiary/aromatic N) is 5. The van der Waals surface area contributed by atoms with Crippen LogP contribution in [0.15, 0.2) is 46.2 Å². The maximum atomic E-state index is 14.3. The molecule has 1 aromatic carbocycles. The minimum atomic E-state index is -1.57. The number of aromatic nitrogens is 5. The highest BCUT2D eigenvalue weighted by atomic mass is 32.1. The zero-order valence-corrected chi connectivity index (χ0v) is 24.1. The van der Waals surface area contributed by atoms with Gasteiger partial charge in [0.25, 0.3) is 5.56 Å². The van der Waals surface area contributed by atoms with Crippen LogP contribution < -0.4 is 16.0 Å². The lowest BCUT2D eigenvalue weighted by molar-refractivity contribution is -0.142. The average Bonchev–Trinajstić information content (AvgIpc) is 3.27. The first-order valence-electron chi connectivity index (χ1n) is 14.1. The number of carboxylic acid groups (broad SMARTS) is 1. The van der Waals surface area contributed by atoms with Crippen LogP contribution in [0.1, 0.15) is 55.8 Å². The fourth-order valence-corrected chi connectivity index (χ4v) is 7.72. The van der Waals surface area contributed by atoms with Crippen LogP contribution in [0.2, 0.25) is 0 Å². The SMILES string of the molecule is COc1ccccc1[C@H](Cn1c(=O)n(C2(C(=O)O)CC2)c(=O)c2c(C)c(-n3nccn3)sc21)OC1C[C@H]2CC[C@H](C1)O2. The van der Waals surface area contributed by atoms with Gasteiger partial charge in [0.2, 0.25) is 0 Å². The summed E-state index contributed by atoms with van der Waals surface area (Å²) in [6.07, 6.45) is 6.58. The quantitative estimate of drug-likeness (QED) is 0.310. The summed E-state index contributed by atoms with van der Waals surface area (Å²) < 4.78 is 20.9. The number of para-hydroxylation sites is 1. The Balaban J connectivity index is 1.41. The summed E-state index contributed by atoms with van der Waals surface area (Å²) in [6, 6.07) is 7.52. The van der Waals surface area contributed by atoms with Gasteiger partial charge in [-0.15, -0.1) is 4.80 Å². The number of carboxylic acids is 1. The zero-order chi connectivity index (χ0) is 29.2. The van der Waals surface area contributed by atoms with E-state index in [2.05, 4.69) is 10.2 Å². The van der Waals surface area contributed by atoms with Gasteiger partial charge in [0.05, 0.1) is 49.7 Å². The van der Waals surface area contributed by atoms with Gasteiger partial charge in [-0.2, -0.15) is 10.2 Å². The van der Waals surface area contributed by atoms with Crippen LogP contribution in [0.25, 0.3) is 15.2 Å². The number of benzene rings is 1. The normalized spacial score (nSPS) is 23.2. The second kappa shape index (κ2) is 10.2. The Labute approximate surface area is 244 Å². The molecule has 13 heteroatoms. The molecular weight excluding hydrogens is 562 g/mol. The molecule has 0 radical (unpaired) electrons. The van der Waals surface area contributed by atoms with Gasteiger partial charge in [0.15, 0.2) is 0 Å². The van der Waals surface area contributed by atoms with E-state index in [0.29, 0.717) is 21.1 Å². The number of thiophene rings is 1. The number of methoxy groups -OCH3 is 1. The number of aryl methyl sites for hydroxylation is 1. The molecule has 2 saturated heterocycles. The van der Waals surface area contributed by atoms with E-state index in [-0.39, 0.29) is 43.1 Å². The molecule has 3 fully saturated rings. The number of carbonyl (C=O) groups is 1. The topological polar surface area (TPSA) is 140 Å². The maximum absolute atomic E-state index is 14.3. The van der Waals surface area contributed by atoms with Gasteiger partial charge < -0.3 is 19.3 Å². The van der Waals surface area contributed by atoms with Gasteiger partial charge in [-0.05, 0) is 51.5 Å². The standard InChI is InChI=1S/C29H31N5O7S/c1-16-23-24(35)33(29(9-10-29)27(36)37)28(38)32(26(23)42-25(16)34-30-11-12-31-34)15-22(20-5-3-4-6-21(20)39-2)41-19-13-17-7-8-18(14-19)40-17/h3-6,11-12,17-19,22H,7-10,13-15H2,1-2H3,(H,36,37)/t17-,18-,22+/m1/s1. The molecule has 220 valence electrons. The minimum absolute atomic E-state index is 0.0459. The van der Waals surface area contributed by atoms with E-state index >= 15 is 0 Å². The second-order valence-electron chi connectivity index (χ2n) is 11.3. The fourth-order valence-electron chi connectivity index (χ4n) is 6.50. The number of rotatable bonds is 9. The molecule has 3 aliphatic rings. The molecule has 0 unspecified atom stereocenters. The Morgan fingerprint density at radius 2 is 1.86 bits per heavy atom. The lowest BCUT2D eigenvalue weighted by Gasteiger charge is -2.32. The summed E-state index contributed by atoms with van der Waals surface area (Å²) in [6.45, 7) is 1.81. The Bertz CT molecular complexity index is 1780. The third-order valence-electron chi connectivity index (χ3n) is 8.78. The molecule has 0 spiro atoms. The van der Waals surface area contributed by atoms with Crippen molar-refractivity contribution in [2.24, 2.45) is 0 Å². The first-order chi connectivity index (χ1) is 20.3. The van der Waals surface area contributed by atoms with E-state index in [1.54, 1.807) is 14.0 Å². The van der Waals surface area contributed by atoms with Gasteiger partial charge in [-0.3, -0.25) is 9.36 Å². The number of ether oxygens (including phenoxy) is 3. The molecule has 1 N–H and O–H groups in total. The second-order valence-corrected chi connectivity index (χ2v) is 12.3. The van der Waals surface area contributed by atoms with E-state index in [9.17, 15) is 19.5 Å². The Morgan fingerprint density at radius 1 is 1.17 bits per heavy atom. The first-order valence-corrected chi connectivity index (χ1v) is 15.0. The lowest BCUT2D eigenvalue weighted by atomic mass is 10.0. The van der Waals surface area contributed by atoms with E-state index in [1.165, 1.54) is 33.1 Å². The predicted molar refractivity (Wildman–Crippen MR) is 153 cm³/mol. The summed E-state index contributed by atoms with van der Waals surface area (Å²) in [5, 5.41) is 19.4. The van der Waals surface area contributed by atoms with Gasteiger partial charge in [0, 0.05) is 11.1 Å². The van der Waals surface area contributed by atoms with Gasteiger partial charge in [-0.1, -0.05) is 29.5 Å². The molecule has 2 aliphatic heterocycles. The Morgan fingerprint density at radius 3 is 2.50 bits per heavy atom. The van der Waals surface area contributed by atoms with Crippen LogP contribution >= 0.6 is 11.3 Å². The highest BCUT2D eigenvalue weighted by molar-refractivity contribution is 7.21. The highest BCUT2D eigenvalue weighted by Gasteiger charge is 2.55. The van der Waals surface area contributed by atoms with Crippen molar-refractivity contribution in [1.29, 1.82) is 0 Å². The predicted octanol–water partition coefficient (Wildman–Crippen LogP) is 3.16. The molecule has 0 amide bonds. The summed E-state index contributed by atoms with van der Waals surface area (Å²) in [4.78, 5) is 42.4. The smallest absolute Gasteiger partial charge is 0.333 e. The average molecular weight is 594 g/mol. The van der Waals surface area contributed by atoms with Crippen LogP contribution in [0.3, 0.4) is 0 Å². The van der Waals surface area contributed by atoms with Crippen LogP contribution in [0.5, 0.6) is 5.75 Å². The van der Waals surface area contributed by atoms with Crippen molar-refractivity contribution >= 4 is 27.5 Å². The monoisotopic (exact) mass is 593 g/mol. The van der Waals surface area contributed by atoms with E-state index in [4.69, 9.17) is 14.2 Å². The Kier molecular flexibility index (Phi) is 6.55. The van der Waals surface area contributed by atoms with Crippen molar-refractivity contribution in [1.82, 2.24) is 24.1 Å². The molecule has 42 heavy (non-hydrogen) atoms. The highest BCUT2D eigenvalue weighted by Crippen LogP contribution is 2.43. The number of fused-ring (bicyclic) bond motifs is 3. The van der Waals surface area contributed by atoms with Crippen molar-refractivity contribution in [3.63, 3.8) is 0 Å². The molecule has 1 aliphatic carbocycles. The van der Waals surface area contributed by atoms with Crippen LogP contribution in [0.4, 0.5) is 0 Å². The minimum Gasteiger partial charge on any atom is -0.496 e. The third-order valence-corrected chi connectivity index (χ3v) is 10.1. The largest absolute Gasteiger partial charge is 0.496 e. The maximum Gasteiger partial charge on any atom is 0.333 e. The van der Waals surface area contributed by atoms with Crippen molar-refractivity contribution < 1.29 is 24.1 Å². The zero-order valence-electron chi connectivity index (χ0n) is 23.3. The molecular formula is C29H31N5O7S. The fraction of sp³-hybridized carbons (Fsp3) is 0.483. The molecule has 3 atom stereocenters. The summed E-state index contributed by atoms with van der Waals surface area (Å²) in [7, 11) is 1.59. The van der Waals surface area contributed by atoms with Crippen molar-refractivity contribution in [3.8, 4) is 10.8 Å². The van der Waals surface area contributed by atoms with E-state index in [1.807, 2.05) is 24.3 Å². The van der Waals surface area contributed by atoms with E-state index in [0.717, 1.165) is 35.8 Å². The molecule has 4 aromatic rings. The summed E-state index contributed by atoms with van der Waals surface area (Å²) in [5.74, 6) is -0.576. The van der Waals surface area contributed by atoms with Gasteiger partial charge in [0.1, 0.15) is 27.2 Å². The summed E-state index contributed by atoms with van der Waals surface area (Å²) >= 11 is 1.22. The van der Waals surface area contributed by atoms with E-state index < -0.39 is 28.9 Å². The molecule has 5 heterocycles. The molecule has 2 bridgehead atoms. The van der Waals surface area contributed by atoms with Gasteiger partial charge >= 0.3 is 11.7 Å². The third kappa shape index (κ3) is 4.29. The van der Waals surface area contributed by atoms with Gasteiger partial charge in [-0.25, -0.2) is 14.2 Å². The van der Waals surface area contributed by atoms with Crippen molar-refractivity contribution in [3.05, 3.63) is 68.6 Å². The van der Waals surface area contributed by atoms with Crippen LogP contribution in [-0.4, -0.2) is 60.6 Å². The summed E-state index contributed by atoms with van der Waals surface area (Å²) in [5.41, 5.74) is -1.52. The molecule has 3 aromatic heterocycles. The van der Waals surface area contributed by atoms with Crippen LogP contribution in [-0.2, 0) is 26.4 Å². The molecule has 7 rings (SSSR count). The number of hydrogen-bond acceptors (Lipinski definition) is 9.